The van der Waals surface area contributed by atoms with Gasteiger partial charge in [-0.25, -0.2) is 0 Å². The Labute approximate surface area is 105 Å². The molecule has 0 fully saturated rings. The highest BCUT2D eigenvalue weighted by Gasteiger charge is 2.12. The summed E-state index contributed by atoms with van der Waals surface area (Å²) in [6.45, 7) is 9.58. The van der Waals surface area contributed by atoms with Crippen LogP contribution >= 0.6 is 0 Å². The highest BCUT2D eigenvalue weighted by Crippen LogP contribution is 2.24. The maximum atomic E-state index is 5.71. The van der Waals surface area contributed by atoms with Gasteiger partial charge in [-0.05, 0) is 43.5 Å². The molecule has 0 heterocycles. The zero-order chi connectivity index (χ0) is 12.9. The van der Waals surface area contributed by atoms with Crippen molar-refractivity contribution in [2.24, 2.45) is 0 Å². The molecule has 0 aromatic heterocycles. The summed E-state index contributed by atoms with van der Waals surface area (Å²) < 4.78 is 5.71. The maximum Gasteiger partial charge on any atom is 0.119 e. The van der Waals surface area contributed by atoms with Gasteiger partial charge in [0.1, 0.15) is 5.75 Å². The number of ether oxygens (including phenoxy) is 1. The minimum Gasteiger partial charge on any atom is -0.494 e. The van der Waals surface area contributed by atoms with E-state index in [9.17, 15) is 0 Å². The molecule has 1 atom stereocenters. The summed E-state index contributed by atoms with van der Waals surface area (Å²) in [5.41, 5.74) is 1.55. The van der Waals surface area contributed by atoms with Crippen LogP contribution in [0.1, 0.15) is 39.7 Å². The van der Waals surface area contributed by atoms with Crippen LogP contribution in [-0.2, 0) is 5.41 Å². The van der Waals surface area contributed by atoms with Gasteiger partial charge >= 0.3 is 0 Å². The smallest absolute Gasteiger partial charge is 0.119 e. The SMILES string of the molecule is CNC(C)CCOc1ccc(C(C)(C)C)cc1. The van der Waals surface area contributed by atoms with Crippen molar-refractivity contribution >= 4 is 0 Å². The molecular formula is C15H25NO. The van der Waals surface area contributed by atoms with Crippen LogP contribution in [0.15, 0.2) is 24.3 Å². The van der Waals surface area contributed by atoms with E-state index in [0.717, 1.165) is 18.8 Å². The molecule has 1 N–H and O–H groups in total. The van der Waals surface area contributed by atoms with Crippen molar-refractivity contribution in [1.82, 2.24) is 5.32 Å². The minimum absolute atomic E-state index is 0.208. The lowest BCUT2D eigenvalue weighted by atomic mass is 9.87. The lowest BCUT2D eigenvalue weighted by molar-refractivity contribution is 0.293. The fourth-order valence-electron chi connectivity index (χ4n) is 1.55. The summed E-state index contributed by atoms with van der Waals surface area (Å²) in [4.78, 5) is 0. The molecule has 0 radical (unpaired) electrons. The van der Waals surface area contributed by atoms with Crippen molar-refractivity contribution in [1.29, 1.82) is 0 Å². The lowest BCUT2D eigenvalue weighted by Crippen LogP contribution is -2.23. The fraction of sp³-hybridized carbons (Fsp3) is 0.600. The highest BCUT2D eigenvalue weighted by atomic mass is 16.5. The summed E-state index contributed by atoms with van der Waals surface area (Å²) in [6.07, 6.45) is 1.03. The Bertz CT molecular complexity index is 324. The molecule has 1 aromatic carbocycles. The van der Waals surface area contributed by atoms with Crippen LogP contribution in [0.2, 0.25) is 0 Å². The predicted molar refractivity (Wildman–Crippen MR) is 73.8 cm³/mol. The van der Waals surface area contributed by atoms with Crippen LogP contribution in [0.4, 0.5) is 0 Å². The van der Waals surface area contributed by atoms with E-state index in [0.29, 0.717) is 6.04 Å². The molecule has 96 valence electrons. The van der Waals surface area contributed by atoms with Gasteiger partial charge in [0, 0.05) is 6.04 Å². The first kappa shape index (κ1) is 14.0. The van der Waals surface area contributed by atoms with Crippen molar-refractivity contribution < 1.29 is 4.74 Å². The maximum absolute atomic E-state index is 5.71. The second-order valence-corrected chi connectivity index (χ2v) is 5.60. The first-order valence-electron chi connectivity index (χ1n) is 6.34. The van der Waals surface area contributed by atoms with Crippen molar-refractivity contribution in [2.75, 3.05) is 13.7 Å². The molecule has 0 amide bonds. The van der Waals surface area contributed by atoms with Gasteiger partial charge in [0.05, 0.1) is 6.61 Å². The third-order valence-corrected chi connectivity index (χ3v) is 3.03. The molecule has 1 rings (SSSR count). The first-order valence-corrected chi connectivity index (χ1v) is 6.34. The summed E-state index contributed by atoms with van der Waals surface area (Å²) in [5, 5.41) is 3.20. The molecular weight excluding hydrogens is 210 g/mol. The molecule has 0 aliphatic heterocycles. The van der Waals surface area contributed by atoms with E-state index in [-0.39, 0.29) is 5.41 Å². The number of hydrogen-bond donors (Lipinski definition) is 1. The summed E-state index contributed by atoms with van der Waals surface area (Å²) in [7, 11) is 1.97. The number of nitrogens with one attached hydrogen (secondary N) is 1. The Hall–Kier alpha value is -1.02. The number of benzene rings is 1. The van der Waals surface area contributed by atoms with E-state index >= 15 is 0 Å². The van der Waals surface area contributed by atoms with Crippen molar-refractivity contribution in [3.8, 4) is 5.75 Å². The Morgan fingerprint density at radius 3 is 2.24 bits per heavy atom. The third-order valence-electron chi connectivity index (χ3n) is 3.03. The summed E-state index contributed by atoms with van der Waals surface area (Å²) in [6, 6.07) is 8.92. The highest BCUT2D eigenvalue weighted by molar-refractivity contribution is 5.31. The Balaban J connectivity index is 2.46. The Morgan fingerprint density at radius 2 is 1.76 bits per heavy atom. The summed E-state index contributed by atoms with van der Waals surface area (Å²) in [5.74, 6) is 0.960. The molecule has 2 heteroatoms. The average molecular weight is 235 g/mol. The van der Waals surface area contributed by atoms with Gasteiger partial charge in [-0.15, -0.1) is 0 Å². The first-order chi connectivity index (χ1) is 7.93. The third kappa shape index (κ3) is 4.78. The molecule has 0 aliphatic carbocycles. The molecule has 0 spiro atoms. The van der Waals surface area contributed by atoms with Gasteiger partial charge < -0.3 is 10.1 Å². The van der Waals surface area contributed by atoms with Gasteiger partial charge in [-0.1, -0.05) is 32.9 Å². The lowest BCUT2D eigenvalue weighted by Gasteiger charge is -2.19. The molecule has 0 bridgehead atoms. The monoisotopic (exact) mass is 235 g/mol. The van der Waals surface area contributed by atoms with E-state index in [1.807, 2.05) is 7.05 Å². The van der Waals surface area contributed by atoms with E-state index in [2.05, 4.69) is 57.3 Å². The number of rotatable bonds is 5. The molecule has 2 nitrogen and oxygen atoms in total. The molecule has 1 aromatic rings. The largest absolute Gasteiger partial charge is 0.494 e. The molecule has 17 heavy (non-hydrogen) atoms. The van der Waals surface area contributed by atoms with Crippen LogP contribution in [0.25, 0.3) is 0 Å². The Kier molecular flexibility index (Phi) is 5.01. The van der Waals surface area contributed by atoms with Crippen molar-refractivity contribution in [3.63, 3.8) is 0 Å². The van der Waals surface area contributed by atoms with Crippen molar-refractivity contribution in [3.05, 3.63) is 29.8 Å². The normalized spacial score (nSPS) is 13.5. The van der Waals surface area contributed by atoms with E-state index in [1.165, 1.54) is 5.56 Å². The van der Waals surface area contributed by atoms with E-state index in [4.69, 9.17) is 4.74 Å². The minimum atomic E-state index is 0.208. The van der Waals surface area contributed by atoms with Crippen molar-refractivity contribution in [2.45, 2.75) is 45.6 Å². The second kappa shape index (κ2) is 6.06. The van der Waals surface area contributed by atoms with Gasteiger partial charge in [0.15, 0.2) is 0 Å². The number of hydrogen-bond acceptors (Lipinski definition) is 2. The molecule has 1 unspecified atom stereocenters. The molecule has 0 aliphatic rings. The second-order valence-electron chi connectivity index (χ2n) is 5.60. The molecule has 0 saturated heterocycles. The zero-order valence-corrected chi connectivity index (χ0v) is 11.7. The summed E-state index contributed by atoms with van der Waals surface area (Å²) >= 11 is 0. The van der Waals surface area contributed by atoms with Gasteiger partial charge in [-0.3, -0.25) is 0 Å². The Morgan fingerprint density at radius 1 is 1.18 bits per heavy atom. The topological polar surface area (TPSA) is 21.3 Å². The van der Waals surface area contributed by atoms with Gasteiger partial charge in [0.2, 0.25) is 0 Å². The average Bonchev–Trinajstić information content (AvgIpc) is 2.28. The fourth-order valence-corrected chi connectivity index (χ4v) is 1.55. The van der Waals surface area contributed by atoms with Crippen LogP contribution in [0.3, 0.4) is 0 Å². The predicted octanol–water partition coefficient (Wildman–Crippen LogP) is 3.36. The standard InChI is InChI=1S/C15H25NO/c1-12(16-5)10-11-17-14-8-6-13(7-9-14)15(2,3)4/h6-9,12,16H,10-11H2,1-5H3. The van der Waals surface area contributed by atoms with Crippen LogP contribution in [0.5, 0.6) is 5.75 Å². The van der Waals surface area contributed by atoms with E-state index < -0.39 is 0 Å². The van der Waals surface area contributed by atoms with Crippen LogP contribution in [0, 0.1) is 0 Å². The van der Waals surface area contributed by atoms with Crippen LogP contribution in [-0.4, -0.2) is 19.7 Å². The molecule has 0 saturated carbocycles. The quantitative estimate of drug-likeness (QED) is 0.845. The van der Waals surface area contributed by atoms with Gasteiger partial charge in [0.25, 0.3) is 0 Å². The zero-order valence-electron chi connectivity index (χ0n) is 11.7. The van der Waals surface area contributed by atoms with Crippen LogP contribution < -0.4 is 10.1 Å². The van der Waals surface area contributed by atoms with E-state index in [1.54, 1.807) is 0 Å². The van der Waals surface area contributed by atoms with Gasteiger partial charge in [-0.2, -0.15) is 0 Å².